The van der Waals surface area contributed by atoms with Gasteiger partial charge < -0.3 is 14.8 Å². The van der Waals surface area contributed by atoms with E-state index in [-0.39, 0.29) is 10.8 Å². The highest BCUT2D eigenvalue weighted by atomic mass is 32.2. The summed E-state index contributed by atoms with van der Waals surface area (Å²) in [7, 11) is -2.01. The minimum Gasteiger partial charge on any atom is -0.493 e. The second kappa shape index (κ2) is 12.3. The summed E-state index contributed by atoms with van der Waals surface area (Å²) in [5.41, 5.74) is 2.62. The van der Waals surface area contributed by atoms with Crippen molar-refractivity contribution in [3.8, 4) is 11.5 Å². The van der Waals surface area contributed by atoms with Crippen LogP contribution >= 0.6 is 0 Å². The van der Waals surface area contributed by atoms with E-state index in [2.05, 4.69) is 33.0 Å². The Labute approximate surface area is 194 Å². The monoisotopic (exact) mass is 461 g/mol. The molecule has 0 aliphatic carbocycles. The molecule has 0 fully saturated rings. The fourth-order valence-electron chi connectivity index (χ4n) is 3.50. The average molecular weight is 462 g/mol. The summed E-state index contributed by atoms with van der Waals surface area (Å²) in [6.07, 6.45) is 3.90. The molecule has 2 aromatic carbocycles. The molecule has 0 bridgehead atoms. The van der Waals surface area contributed by atoms with Crippen molar-refractivity contribution in [2.45, 2.75) is 76.5 Å². The summed E-state index contributed by atoms with van der Waals surface area (Å²) in [5, 5.41) is 2.10. The van der Waals surface area contributed by atoms with Gasteiger partial charge in [0.05, 0.1) is 18.1 Å². The van der Waals surface area contributed by atoms with Gasteiger partial charge in [-0.1, -0.05) is 58.2 Å². The molecular weight excluding hydrogens is 422 g/mol. The average Bonchev–Trinajstić information content (AvgIpc) is 2.75. The van der Waals surface area contributed by atoms with Crippen LogP contribution in [0.15, 0.2) is 41.3 Å². The van der Waals surface area contributed by atoms with Crippen LogP contribution in [0.1, 0.15) is 81.4 Å². The molecule has 0 saturated carbocycles. The van der Waals surface area contributed by atoms with Gasteiger partial charge in [0, 0.05) is 11.6 Å². The van der Waals surface area contributed by atoms with E-state index in [1.165, 1.54) is 0 Å². The molecule has 1 atom stereocenters. The predicted octanol–water partition coefficient (Wildman–Crippen LogP) is 6.17. The third kappa shape index (κ3) is 6.48. The van der Waals surface area contributed by atoms with E-state index < -0.39 is 15.2 Å². The molecule has 0 radical (unpaired) electrons. The molecule has 2 rings (SSSR count). The number of unbranched alkanes of at least 4 members (excludes halogenated alkanes) is 2. The summed E-state index contributed by atoms with van der Waals surface area (Å²) < 4.78 is 39.4. The smallest absolute Gasteiger partial charge is 0.198 e. The first-order valence-corrected chi connectivity index (χ1v) is 13.2. The maximum Gasteiger partial charge on any atom is 0.198 e. The van der Waals surface area contributed by atoms with E-state index >= 15 is 0 Å². The topological polar surface area (TPSA) is 64.6 Å². The number of benzene rings is 2. The number of nitrogens with one attached hydrogen (secondary N) is 1. The van der Waals surface area contributed by atoms with Crippen molar-refractivity contribution < 1.29 is 17.9 Å². The van der Waals surface area contributed by atoms with E-state index in [0.717, 1.165) is 42.6 Å². The van der Waals surface area contributed by atoms with Crippen molar-refractivity contribution in [1.29, 1.82) is 0 Å². The normalized spacial score (nSPS) is 12.7. The Morgan fingerprint density at radius 2 is 1.41 bits per heavy atom. The maximum atomic E-state index is 13.6. The second-order valence-electron chi connectivity index (χ2n) is 8.51. The van der Waals surface area contributed by atoms with Crippen LogP contribution in [0.25, 0.3) is 0 Å². The van der Waals surface area contributed by atoms with Gasteiger partial charge in [-0.2, -0.15) is 0 Å². The number of hydrogen-bond donors (Lipinski definition) is 1. The standard InChI is InChI=1S/C26H39NO4S/c1-7-9-15-30-24-18-25(31-16-10-8-2)23(17-22(24)19(3)4)26(27-6)32(28,29)21-13-11-20(5)12-14-21/h11-14,17-19,26-27H,7-10,15-16H2,1-6H3. The highest BCUT2D eigenvalue weighted by Crippen LogP contribution is 2.40. The van der Waals surface area contributed by atoms with Crippen LogP contribution in [0, 0.1) is 6.92 Å². The van der Waals surface area contributed by atoms with Crippen LogP contribution in [-0.4, -0.2) is 28.7 Å². The van der Waals surface area contributed by atoms with Crippen LogP contribution in [0.4, 0.5) is 0 Å². The Bertz CT molecular complexity index is 953. The Morgan fingerprint density at radius 1 is 0.875 bits per heavy atom. The number of aryl methyl sites for hydroxylation is 1. The second-order valence-corrected chi connectivity index (χ2v) is 10.5. The lowest BCUT2D eigenvalue weighted by Crippen LogP contribution is -2.27. The zero-order valence-corrected chi connectivity index (χ0v) is 21.2. The van der Waals surface area contributed by atoms with Gasteiger partial charge in [0.25, 0.3) is 0 Å². The van der Waals surface area contributed by atoms with Crippen LogP contribution in [0.5, 0.6) is 11.5 Å². The Morgan fingerprint density at radius 3 is 1.88 bits per heavy atom. The summed E-state index contributed by atoms with van der Waals surface area (Å²) in [5.74, 6) is 1.50. The third-order valence-electron chi connectivity index (χ3n) is 5.48. The highest BCUT2D eigenvalue weighted by Gasteiger charge is 2.31. The molecule has 2 aromatic rings. The van der Waals surface area contributed by atoms with Crippen molar-refractivity contribution >= 4 is 9.84 Å². The molecule has 1 unspecified atom stereocenters. The third-order valence-corrected chi connectivity index (χ3v) is 7.52. The predicted molar refractivity (Wildman–Crippen MR) is 132 cm³/mol. The van der Waals surface area contributed by atoms with Gasteiger partial charge in [0.2, 0.25) is 0 Å². The Balaban J connectivity index is 2.59. The van der Waals surface area contributed by atoms with Gasteiger partial charge in [-0.15, -0.1) is 0 Å². The minimum absolute atomic E-state index is 0.176. The molecule has 0 amide bonds. The fourth-order valence-corrected chi connectivity index (χ4v) is 5.11. The summed E-state index contributed by atoms with van der Waals surface area (Å²) >= 11 is 0. The lowest BCUT2D eigenvalue weighted by molar-refractivity contribution is 0.289. The number of hydrogen-bond acceptors (Lipinski definition) is 5. The Hall–Kier alpha value is -2.05. The molecule has 0 aliphatic rings. The maximum absolute atomic E-state index is 13.6. The van der Waals surface area contributed by atoms with Gasteiger partial charge >= 0.3 is 0 Å². The quantitative estimate of drug-likeness (QED) is 0.362. The summed E-state index contributed by atoms with van der Waals surface area (Å²) in [4.78, 5) is 0.288. The van der Waals surface area contributed by atoms with Crippen molar-refractivity contribution in [3.05, 3.63) is 53.1 Å². The van der Waals surface area contributed by atoms with Crippen molar-refractivity contribution in [2.75, 3.05) is 20.3 Å². The largest absolute Gasteiger partial charge is 0.493 e. The SMILES string of the molecule is CCCCOc1cc(OCCCC)c(C(NC)S(=O)(=O)c2ccc(C)cc2)cc1C(C)C. The van der Waals surface area contributed by atoms with Crippen LogP contribution < -0.4 is 14.8 Å². The van der Waals surface area contributed by atoms with Gasteiger partial charge in [-0.25, -0.2) is 8.42 Å². The Kier molecular flexibility index (Phi) is 10.0. The molecule has 0 aliphatic heterocycles. The first kappa shape index (κ1) is 26.2. The van der Waals surface area contributed by atoms with E-state index in [1.807, 2.05) is 31.2 Å². The number of rotatable bonds is 13. The molecule has 178 valence electrons. The van der Waals surface area contributed by atoms with Crippen molar-refractivity contribution in [1.82, 2.24) is 5.32 Å². The molecule has 0 heterocycles. The first-order valence-electron chi connectivity index (χ1n) is 11.7. The van der Waals surface area contributed by atoms with Crippen LogP contribution in [-0.2, 0) is 9.84 Å². The van der Waals surface area contributed by atoms with E-state index in [9.17, 15) is 8.42 Å². The molecule has 0 aromatic heterocycles. The molecule has 6 heteroatoms. The summed E-state index contributed by atoms with van der Waals surface area (Å²) in [6.45, 7) is 11.5. The van der Waals surface area contributed by atoms with Gasteiger partial charge in [0.15, 0.2) is 9.84 Å². The van der Waals surface area contributed by atoms with E-state index in [0.29, 0.717) is 24.5 Å². The molecular formula is C26H39NO4S. The zero-order valence-electron chi connectivity index (χ0n) is 20.4. The highest BCUT2D eigenvalue weighted by molar-refractivity contribution is 7.91. The van der Waals surface area contributed by atoms with Crippen molar-refractivity contribution in [3.63, 3.8) is 0 Å². The number of ether oxygens (including phenoxy) is 2. The fraction of sp³-hybridized carbons (Fsp3) is 0.538. The van der Waals surface area contributed by atoms with E-state index in [1.54, 1.807) is 19.2 Å². The van der Waals surface area contributed by atoms with Gasteiger partial charge in [-0.05, 0) is 56.5 Å². The van der Waals surface area contributed by atoms with Crippen LogP contribution in [0.3, 0.4) is 0 Å². The molecule has 0 saturated heterocycles. The molecule has 1 N–H and O–H groups in total. The van der Waals surface area contributed by atoms with E-state index in [4.69, 9.17) is 9.47 Å². The zero-order chi connectivity index (χ0) is 23.7. The molecule has 32 heavy (non-hydrogen) atoms. The van der Waals surface area contributed by atoms with Crippen molar-refractivity contribution in [2.24, 2.45) is 0 Å². The number of sulfone groups is 1. The van der Waals surface area contributed by atoms with Gasteiger partial charge in [0.1, 0.15) is 16.9 Å². The lowest BCUT2D eigenvalue weighted by atomic mass is 9.98. The van der Waals surface area contributed by atoms with Crippen LogP contribution in [0.2, 0.25) is 0 Å². The molecule has 0 spiro atoms. The van der Waals surface area contributed by atoms with Gasteiger partial charge in [-0.3, -0.25) is 0 Å². The molecule has 5 nitrogen and oxygen atoms in total. The minimum atomic E-state index is -3.68. The lowest BCUT2D eigenvalue weighted by Gasteiger charge is -2.24. The first-order chi connectivity index (χ1) is 15.3. The summed E-state index contributed by atoms with van der Waals surface area (Å²) in [6, 6.07) is 10.8.